The van der Waals surface area contributed by atoms with E-state index in [0.717, 1.165) is 24.8 Å². The number of hydrogen-bond acceptors (Lipinski definition) is 5. The number of unbranched alkanes of at least 4 members (excludes halogenated alkanes) is 1. The number of amides is 2. The number of nitrogens with one attached hydrogen (secondary N) is 1. The second kappa shape index (κ2) is 11.4. The molecule has 1 aromatic carbocycles. The Balaban J connectivity index is 2.20. The van der Waals surface area contributed by atoms with Crippen molar-refractivity contribution in [1.29, 1.82) is 0 Å². The van der Waals surface area contributed by atoms with Crippen LogP contribution in [0, 0.1) is 5.92 Å². The van der Waals surface area contributed by atoms with Crippen molar-refractivity contribution in [2.75, 3.05) is 26.8 Å². The summed E-state index contributed by atoms with van der Waals surface area (Å²) in [4.78, 5) is 39.1. The minimum atomic E-state index is -0.503. The van der Waals surface area contributed by atoms with Crippen LogP contribution >= 0.6 is 0 Å². The number of hydrogen-bond donors (Lipinski definition) is 1. The zero-order valence-corrected chi connectivity index (χ0v) is 17.6. The minimum absolute atomic E-state index is 0.0454. The van der Waals surface area contributed by atoms with Gasteiger partial charge < -0.3 is 19.7 Å². The largest absolute Gasteiger partial charge is 0.497 e. The number of piperidine rings is 1. The van der Waals surface area contributed by atoms with Gasteiger partial charge in [0.1, 0.15) is 5.75 Å². The lowest BCUT2D eigenvalue weighted by Crippen LogP contribution is -2.46. The van der Waals surface area contributed by atoms with Crippen LogP contribution in [0.5, 0.6) is 5.75 Å². The fourth-order valence-electron chi connectivity index (χ4n) is 3.56. The first-order chi connectivity index (χ1) is 14.0. The van der Waals surface area contributed by atoms with Gasteiger partial charge in [-0.1, -0.05) is 32.4 Å². The summed E-state index contributed by atoms with van der Waals surface area (Å²) in [6, 6.07) is 7.02. The van der Waals surface area contributed by atoms with Gasteiger partial charge in [0.2, 0.25) is 5.91 Å². The zero-order chi connectivity index (χ0) is 21.2. The number of esters is 1. The molecule has 0 radical (unpaired) electrons. The maximum Gasteiger partial charge on any atom is 0.311 e. The van der Waals surface area contributed by atoms with Crippen LogP contribution in [0.3, 0.4) is 0 Å². The molecule has 7 nitrogen and oxygen atoms in total. The molecule has 1 aromatic rings. The van der Waals surface area contributed by atoms with Gasteiger partial charge in [0, 0.05) is 19.5 Å². The molecule has 29 heavy (non-hydrogen) atoms. The Morgan fingerprint density at radius 3 is 2.52 bits per heavy atom. The second-order valence-corrected chi connectivity index (χ2v) is 7.26. The third kappa shape index (κ3) is 6.21. The minimum Gasteiger partial charge on any atom is -0.497 e. The molecule has 2 amide bonds. The molecule has 2 rings (SSSR count). The van der Waals surface area contributed by atoms with E-state index in [2.05, 4.69) is 12.2 Å². The lowest BCUT2D eigenvalue weighted by Gasteiger charge is -2.40. The van der Waals surface area contributed by atoms with Gasteiger partial charge in [0.05, 0.1) is 19.1 Å². The number of rotatable bonds is 10. The maximum absolute atomic E-state index is 12.8. The van der Waals surface area contributed by atoms with Gasteiger partial charge in [-0.25, -0.2) is 0 Å². The van der Waals surface area contributed by atoms with Crippen LogP contribution in [-0.2, 0) is 19.1 Å². The molecule has 1 aliphatic rings. The smallest absolute Gasteiger partial charge is 0.311 e. The standard InChI is InChI=1S/C22H32N2O5/c1-4-6-14-24-20(26)12-11-18(22(27)29-15-19(25)23-13-5-2)21(24)16-7-9-17(28-3)10-8-16/h7-10,18,21H,4-6,11-15H2,1-3H3,(H,23,25)/t18-,21+/m1/s1. The molecule has 0 saturated carbocycles. The van der Waals surface area contributed by atoms with Crippen LogP contribution in [0.15, 0.2) is 24.3 Å². The number of carbonyl (C=O) groups is 3. The summed E-state index contributed by atoms with van der Waals surface area (Å²) in [5.74, 6) is -0.494. The predicted octanol–water partition coefficient (Wildman–Crippen LogP) is 2.84. The highest BCUT2D eigenvalue weighted by molar-refractivity contribution is 5.84. The summed E-state index contributed by atoms with van der Waals surface area (Å²) in [5, 5.41) is 2.70. The Hall–Kier alpha value is -2.57. The van der Waals surface area contributed by atoms with Crippen molar-refractivity contribution < 1.29 is 23.9 Å². The van der Waals surface area contributed by atoms with Crippen LogP contribution < -0.4 is 10.1 Å². The molecule has 1 saturated heterocycles. The van der Waals surface area contributed by atoms with Gasteiger partial charge in [-0.3, -0.25) is 14.4 Å². The van der Waals surface area contributed by atoms with Crippen LogP contribution in [0.2, 0.25) is 0 Å². The fraction of sp³-hybridized carbons (Fsp3) is 0.591. The van der Waals surface area contributed by atoms with E-state index >= 15 is 0 Å². The lowest BCUT2D eigenvalue weighted by molar-refractivity contribution is -0.159. The Morgan fingerprint density at radius 1 is 1.17 bits per heavy atom. The van der Waals surface area contributed by atoms with Crippen molar-refractivity contribution in [3.63, 3.8) is 0 Å². The van der Waals surface area contributed by atoms with Gasteiger partial charge >= 0.3 is 5.97 Å². The van der Waals surface area contributed by atoms with E-state index in [9.17, 15) is 14.4 Å². The van der Waals surface area contributed by atoms with E-state index in [1.165, 1.54) is 0 Å². The SMILES string of the molecule is CCCCN1C(=O)CC[C@@H](C(=O)OCC(=O)NCCC)[C@@H]1c1ccc(OC)cc1. The molecule has 0 bridgehead atoms. The number of likely N-dealkylation sites (tertiary alicyclic amines) is 1. The quantitative estimate of drug-likeness (QED) is 0.606. The molecule has 160 valence electrons. The molecule has 0 aromatic heterocycles. The van der Waals surface area contributed by atoms with Gasteiger partial charge in [0.25, 0.3) is 5.91 Å². The molecule has 0 spiro atoms. The second-order valence-electron chi connectivity index (χ2n) is 7.26. The molecule has 1 fully saturated rings. The van der Waals surface area contributed by atoms with Crippen molar-refractivity contribution in [2.24, 2.45) is 5.92 Å². The van der Waals surface area contributed by atoms with Gasteiger partial charge in [-0.05, 0) is 37.0 Å². The van der Waals surface area contributed by atoms with E-state index in [4.69, 9.17) is 9.47 Å². The van der Waals surface area contributed by atoms with Crippen molar-refractivity contribution in [1.82, 2.24) is 10.2 Å². The summed E-state index contributed by atoms with van der Waals surface area (Å²) < 4.78 is 10.5. The molecule has 1 aliphatic heterocycles. The number of ether oxygens (including phenoxy) is 2. The predicted molar refractivity (Wildman–Crippen MR) is 109 cm³/mol. The van der Waals surface area contributed by atoms with Crippen LogP contribution in [-0.4, -0.2) is 49.5 Å². The monoisotopic (exact) mass is 404 g/mol. The van der Waals surface area contributed by atoms with E-state index in [-0.39, 0.29) is 18.4 Å². The highest BCUT2D eigenvalue weighted by Gasteiger charge is 2.41. The molecular weight excluding hydrogens is 372 g/mol. The van der Waals surface area contributed by atoms with E-state index < -0.39 is 17.9 Å². The molecule has 0 aliphatic carbocycles. The van der Waals surface area contributed by atoms with E-state index in [1.54, 1.807) is 12.0 Å². The summed E-state index contributed by atoms with van der Waals surface area (Å²) in [7, 11) is 1.59. The van der Waals surface area contributed by atoms with Crippen molar-refractivity contribution in [3.8, 4) is 5.75 Å². The van der Waals surface area contributed by atoms with E-state index in [0.29, 0.717) is 31.7 Å². The number of carbonyl (C=O) groups excluding carboxylic acids is 3. The fourth-order valence-corrected chi connectivity index (χ4v) is 3.56. The first-order valence-corrected chi connectivity index (χ1v) is 10.4. The normalized spacial score (nSPS) is 19.0. The lowest BCUT2D eigenvalue weighted by atomic mass is 9.84. The van der Waals surface area contributed by atoms with Crippen molar-refractivity contribution >= 4 is 17.8 Å². The Kier molecular flexibility index (Phi) is 8.96. The van der Waals surface area contributed by atoms with Gasteiger partial charge in [-0.15, -0.1) is 0 Å². The molecule has 2 atom stereocenters. The zero-order valence-electron chi connectivity index (χ0n) is 17.6. The average Bonchev–Trinajstić information content (AvgIpc) is 2.75. The average molecular weight is 405 g/mol. The summed E-state index contributed by atoms with van der Waals surface area (Å²) in [6.45, 7) is 4.86. The van der Waals surface area contributed by atoms with Crippen LogP contribution in [0.1, 0.15) is 57.6 Å². The van der Waals surface area contributed by atoms with Crippen LogP contribution in [0.4, 0.5) is 0 Å². The Labute approximate surface area is 172 Å². The number of methoxy groups -OCH3 is 1. The van der Waals surface area contributed by atoms with Crippen LogP contribution in [0.25, 0.3) is 0 Å². The first-order valence-electron chi connectivity index (χ1n) is 10.4. The molecule has 7 heteroatoms. The summed E-state index contributed by atoms with van der Waals surface area (Å²) in [5.41, 5.74) is 0.868. The summed E-state index contributed by atoms with van der Waals surface area (Å²) >= 11 is 0. The van der Waals surface area contributed by atoms with Gasteiger partial charge in [-0.2, -0.15) is 0 Å². The highest BCUT2D eigenvalue weighted by atomic mass is 16.5. The Morgan fingerprint density at radius 2 is 1.90 bits per heavy atom. The first kappa shape index (κ1) is 22.7. The maximum atomic E-state index is 12.8. The number of benzene rings is 1. The molecule has 0 unspecified atom stereocenters. The Bertz CT molecular complexity index is 689. The molecular formula is C22H32N2O5. The van der Waals surface area contributed by atoms with E-state index in [1.807, 2.05) is 31.2 Å². The topological polar surface area (TPSA) is 84.9 Å². The van der Waals surface area contributed by atoms with Crippen molar-refractivity contribution in [3.05, 3.63) is 29.8 Å². The third-order valence-electron chi connectivity index (χ3n) is 5.14. The van der Waals surface area contributed by atoms with Crippen molar-refractivity contribution in [2.45, 2.75) is 52.0 Å². The summed E-state index contributed by atoms with van der Waals surface area (Å²) in [6.07, 6.45) is 3.34. The molecule has 1 N–H and O–H groups in total. The molecule has 1 heterocycles. The number of nitrogens with zero attached hydrogens (tertiary/aromatic N) is 1. The third-order valence-corrected chi connectivity index (χ3v) is 5.14. The highest BCUT2D eigenvalue weighted by Crippen LogP contribution is 2.38. The van der Waals surface area contributed by atoms with Gasteiger partial charge in [0.15, 0.2) is 6.61 Å².